The average molecular weight is 354 g/mol. The van der Waals surface area contributed by atoms with Crippen LogP contribution in [-0.2, 0) is 11.8 Å². The number of carbonyl (C=O) groups excluding carboxylic acids is 2. The maximum absolute atomic E-state index is 12.4. The molecule has 2 amide bonds. The van der Waals surface area contributed by atoms with Gasteiger partial charge in [0.2, 0.25) is 5.91 Å². The summed E-state index contributed by atoms with van der Waals surface area (Å²) >= 11 is 12.0. The van der Waals surface area contributed by atoms with Crippen LogP contribution in [0.5, 0.6) is 0 Å². The Hall–Kier alpha value is -1.98. The summed E-state index contributed by atoms with van der Waals surface area (Å²) in [7, 11) is 3.37. The zero-order chi connectivity index (χ0) is 17.1. The van der Waals surface area contributed by atoms with E-state index in [2.05, 4.69) is 5.32 Å². The molecule has 2 rings (SSSR count). The van der Waals surface area contributed by atoms with E-state index in [-0.39, 0.29) is 18.4 Å². The van der Waals surface area contributed by atoms with Crippen molar-refractivity contribution in [1.29, 1.82) is 0 Å². The SMILES string of the molecule is Cc1ccc(C(=O)N(C)CC(=O)Nc2c(Cl)cccc2Cl)n1C. The van der Waals surface area contributed by atoms with E-state index >= 15 is 0 Å². The summed E-state index contributed by atoms with van der Waals surface area (Å²) in [5.74, 6) is -0.609. The summed E-state index contributed by atoms with van der Waals surface area (Å²) < 4.78 is 1.78. The van der Waals surface area contributed by atoms with Crippen molar-refractivity contribution >= 4 is 40.7 Å². The van der Waals surface area contributed by atoms with Crippen LogP contribution in [0.15, 0.2) is 30.3 Å². The van der Waals surface area contributed by atoms with E-state index in [1.54, 1.807) is 42.9 Å². The smallest absolute Gasteiger partial charge is 0.270 e. The van der Waals surface area contributed by atoms with E-state index < -0.39 is 0 Å². The van der Waals surface area contributed by atoms with Gasteiger partial charge in [0.05, 0.1) is 22.3 Å². The van der Waals surface area contributed by atoms with Crippen LogP contribution in [0.1, 0.15) is 16.2 Å². The Kier molecular flexibility index (Phi) is 5.34. The second-order valence-corrected chi connectivity index (χ2v) is 6.04. The minimum Gasteiger partial charge on any atom is -0.344 e. The maximum Gasteiger partial charge on any atom is 0.270 e. The molecule has 0 spiro atoms. The number of benzene rings is 1. The summed E-state index contributed by atoms with van der Waals surface area (Å²) in [6.07, 6.45) is 0. The lowest BCUT2D eigenvalue weighted by atomic mass is 10.3. The summed E-state index contributed by atoms with van der Waals surface area (Å²) in [6, 6.07) is 8.53. The number of hydrogen-bond acceptors (Lipinski definition) is 2. The Balaban J connectivity index is 2.05. The number of amides is 2. The van der Waals surface area contributed by atoms with Gasteiger partial charge in [-0.25, -0.2) is 0 Å². The summed E-state index contributed by atoms with van der Waals surface area (Å²) in [5, 5.41) is 3.32. The highest BCUT2D eigenvalue weighted by Gasteiger charge is 2.19. The zero-order valence-corrected chi connectivity index (χ0v) is 14.6. The van der Waals surface area contributed by atoms with Gasteiger partial charge in [0.25, 0.3) is 5.91 Å². The number of aryl methyl sites for hydroxylation is 1. The molecule has 0 atom stereocenters. The van der Waals surface area contributed by atoms with Crippen molar-refractivity contribution in [2.75, 3.05) is 18.9 Å². The molecule has 2 aromatic rings. The largest absolute Gasteiger partial charge is 0.344 e. The first-order chi connectivity index (χ1) is 10.8. The van der Waals surface area contributed by atoms with Gasteiger partial charge in [-0.05, 0) is 31.2 Å². The van der Waals surface area contributed by atoms with Gasteiger partial charge in [-0.1, -0.05) is 29.3 Å². The van der Waals surface area contributed by atoms with Crippen LogP contribution in [0, 0.1) is 6.92 Å². The van der Waals surface area contributed by atoms with Crippen LogP contribution >= 0.6 is 23.2 Å². The Bertz CT molecular complexity index is 736. The Morgan fingerprint density at radius 3 is 2.30 bits per heavy atom. The van der Waals surface area contributed by atoms with Crippen molar-refractivity contribution in [3.63, 3.8) is 0 Å². The summed E-state index contributed by atoms with van der Waals surface area (Å²) in [6.45, 7) is 1.80. The van der Waals surface area contributed by atoms with Gasteiger partial charge in [-0.3, -0.25) is 9.59 Å². The minimum absolute atomic E-state index is 0.107. The number of rotatable bonds is 4. The van der Waals surface area contributed by atoms with Crippen molar-refractivity contribution in [3.8, 4) is 0 Å². The molecule has 0 saturated carbocycles. The second kappa shape index (κ2) is 7.06. The van der Waals surface area contributed by atoms with Gasteiger partial charge in [-0.15, -0.1) is 0 Å². The van der Waals surface area contributed by atoms with Crippen LogP contribution in [0.25, 0.3) is 0 Å². The first-order valence-corrected chi connectivity index (χ1v) is 7.68. The average Bonchev–Trinajstić information content (AvgIpc) is 2.82. The number of hydrogen-bond donors (Lipinski definition) is 1. The zero-order valence-electron chi connectivity index (χ0n) is 13.1. The van der Waals surface area contributed by atoms with Crippen LogP contribution in [0.4, 0.5) is 5.69 Å². The molecular weight excluding hydrogens is 337 g/mol. The number of para-hydroxylation sites is 1. The molecule has 1 aromatic heterocycles. The van der Waals surface area contributed by atoms with E-state index in [1.165, 1.54) is 4.90 Å². The fourth-order valence-corrected chi connectivity index (χ4v) is 2.60. The minimum atomic E-state index is -0.373. The molecule has 0 unspecified atom stereocenters. The number of nitrogens with zero attached hydrogens (tertiary/aromatic N) is 2. The number of carbonyl (C=O) groups is 2. The second-order valence-electron chi connectivity index (χ2n) is 5.23. The highest BCUT2D eigenvalue weighted by atomic mass is 35.5. The monoisotopic (exact) mass is 353 g/mol. The third kappa shape index (κ3) is 3.86. The van der Waals surface area contributed by atoms with E-state index in [0.29, 0.717) is 21.4 Å². The molecule has 0 fully saturated rings. The molecule has 0 bridgehead atoms. The molecule has 7 heteroatoms. The Labute approximate surface area is 144 Å². The highest BCUT2D eigenvalue weighted by molar-refractivity contribution is 6.39. The molecule has 1 N–H and O–H groups in total. The van der Waals surface area contributed by atoms with Crippen molar-refractivity contribution in [2.24, 2.45) is 7.05 Å². The van der Waals surface area contributed by atoms with Gasteiger partial charge >= 0.3 is 0 Å². The lowest BCUT2D eigenvalue weighted by molar-refractivity contribution is -0.116. The third-order valence-electron chi connectivity index (χ3n) is 3.55. The predicted octanol–water partition coefficient (Wildman–Crippen LogP) is 3.35. The van der Waals surface area contributed by atoms with E-state index in [9.17, 15) is 9.59 Å². The maximum atomic E-state index is 12.4. The fraction of sp³-hybridized carbons (Fsp3) is 0.250. The van der Waals surface area contributed by atoms with Gasteiger partial charge in [0, 0.05) is 19.8 Å². The van der Waals surface area contributed by atoms with Crippen molar-refractivity contribution in [3.05, 3.63) is 51.8 Å². The topological polar surface area (TPSA) is 54.3 Å². The third-order valence-corrected chi connectivity index (χ3v) is 4.18. The molecule has 0 aliphatic heterocycles. The van der Waals surface area contributed by atoms with Gasteiger partial charge < -0.3 is 14.8 Å². The van der Waals surface area contributed by atoms with E-state index in [4.69, 9.17) is 23.2 Å². The van der Waals surface area contributed by atoms with Crippen molar-refractivity contribution in [1.82, 2.24) is 9.47 Å². The first-order valence-electron chi connectivity index (χ1n) is 6.93. The molecule has 23 heavy (non-hydrogen) atoms. The number of anilines is 1. The summed E-state index contributed by atoms with van der Waals surface area (Å²) in [4.78, 5) is 25.8. The van der Waals surface area contributed by atoms with Crippen molar-refractivity contribution < 1.29 is 9.59 Å². The molecule has 0 saturated heterocycles. The van der Waals surface area contributed by atoms with Crippen LogP contribution in [0.3, 0.4) is 0 Å². The molecule has 122 valence electrons. The lowest BCUT2D eigenvalue weighted by Crippen LogP contribution is -2.35. The number of halogens is 2. The molecule has 0 aliphatic rings. The molecule has 0 radical (unpaired) electrons. The first kappa shape index (κ1) is 17.4. The molecule has 0 aliphatic carbocycles. The molecule has 5 nitrogen and oxygen atoms in total. The van der Waals surface area contributed by atoms with E-state index in [0.717, 1.165) is 5.69 Å². The standard InChI is InChI=1S/C16H17Cl2N3O2/c1-10-7-8-13(21(10)3)16(23)20(2)9-14(22)19-15-11(17)5-4-6-12(15)18/h4-8H,9H2,1-3H3,(H,19,22). The number of aromatic nitrogens is 1. The normalized spacial score (nSPS) is 10.5. The summed E-state index contributed by atoms with van der Waals surface area (Å²) in [5.41, 5.74) is 1.83. The fourth-order valence-electron chi connectivity index (χ4n) is 2.11. The van der Waals surface area contributed by atoms with Crippen LogP contribution < -0.4 is 5.32 Å². The van der Waals surface area contributed by atoms with Crippen LogP contribution in [-0.4, -0.2) is 34.9 Å². The molecule has 1 heterocycles. The van der Waals surface area contributed by atoms with Crippen molar-refractivity contribution in [2.45, 2.75) is 6.92 Å². The molecular formula is C16H17Cl2N3O2. The van der Waals surface area contributed by atoms with E-state index in [1.807, 2.05) is 13.0 Å². The van der Waals surface area contributed by atoms with Gasteiger partial charge in [0.1, 0.15) is 5.69 Å². The number of nitrogens with one attached hydrogen (secondary N) is 1. The Morgan fingerprint density at radius 1 is 1.17 bits per heavy atom. The van der Waals surface area contributed by atoms with Gasteiger partial charge in [0.15, 0.2) is 0 Å². The van der Waals surface area contributed by atoms with Gasteiger partial charge in [-0.2, -0.15) is 0 Å². The highest BCUT2D eigenvalue weighted by Crippen LogP contribution is 2.29. The Morgan fingerprint density at radius 2 is 1.78 bits per heavy atom. The molecule has 1 aromatic carbocycles. The number of likely N-dealkylation sites (N-methyl/N-ethyl adjacent to an activating group) is 1. The van der Waals surface area contributed by atoms with Crippen LogP contribution in [0.2, 0.25) is 10.0 Å². The predicted molar refractivity (Wildman–Crippen MR) is 92.2 cm³/mol. The lowest BCUT2D eigenvalue weighted by Gasteiger charge is -2.18. The quantitative estimate of drug-likeness (QED) is 0.916.